The number of carboxylic acids is 1. The number of nitrogens with zero attached hydrogens (tertiary/aromatic N) is 1. The third-order valence-corrected chi connectivity index (χ3v) is 2.90. The summed E-state index contributed by atoms with van der Waals surface area (Å²) >= 11 is 0. The van der Waals surface area contributed by atoms with Crippen LogP contribution in [0, 0.1) is 5.92 Å². The van der Waals surface area contributed by atoms with E-state index in [0.29, 0.717) is 13.0 Å². The molecule has 1 aromatic heterocycles. The monoisotopic (exact) mass is 293 g/mol. The first-order valence-electron chi connectivity index (χ1n) is 5.74. The molecular weight excluding hydrogens is 273 g/mol. The number of aromatic carboxylic acids is 1. The van der Waals surface area contributed by atoms with E-state index in [9.17, 15) is 4.79 Å². The van der Waals surface area contributed by atoms with Crippen LogP contribution in [0.3, 0.4) is 0 Å². The molecule has 0 radical (unpaired) electrons. The van der Waals surface area contributed by atoms with Gasteiger partial charge < -0.3 is 15.6 Å². The standard InChI is InChI=1S/C12H19N3O3.K.H/c1-8(5-6-13)12(2,14)18-10-9(11(16)17)4-3-7-15-10;;/h3-4,7-8H,5-6,13-14H2,1-2H3,(H,16,17);;. The molecule has 0 spiro atoms. The third-order valence-electron chi connectivity index (χ3n) is 2.90. The fourth-order valence-corrected chi connectivity index (χ4v) is 1.48. The van der Waals surface area contributed by atoms with Crippen LogP contribution in [0.1, 0.15) is 30.6 Å². The maximum absolute atomic E-state index is 11.0. The van der Waals surface area contributed by atoms with Crippen LogP contribution >= 0.6 is 0 Å². The number of pyridine rings is 1. The van der Waals surface area contributed by atoms with Gasteiger partial charge in [-0.1, -0.05) is 6.92 Å². The van der Waals surface area contributed by atoms with Crippen molar-refractivity contribution in [3.8, 4) is 5.88 Å². The van der Waals surface area contributed by atoms with Crippen molar-refractivity contribution in [2.75, 3.05) is 6.54 Å². The van der Waals surface area contributed by atoms with E-state index in [1.807, 2.05) is 6.92 Å². The van der Waals surface area contributed by atoms with Crippen LogP contribution in [-0.4, -0.2) is 79.7 Å². The summed E-state index contributed by atoms with van der Waals surface area (Å²) in [6, 6.07) is 2.96. The Bertz CT molecular complexity index is 426. The van der Waals surface area contributed by atoms with Gasteiger partial charge in [0.05, 0.1) is 0 Å². The second kappa shape index (κ2) is 8.30. The summed E-state index contributed by atoms with van der Waals surface area (Å²) in [5, 5.41) is 9.02. The normalized spacial score (nSPS) is 14.9. The van der Waals surface area contributed by atoms with Gasteiger partial charge in [-0.15, -0.1) is 0 Å². The first kappa shape index (κ1) is 19.0. The van der Waals surface area contributed by atoms with Crippen LogP contribution in [0.4, 0.5) is 0 Å². The quantitative estimate of drug-likeness (QED) is 0.509. The predicted octanol–water partition coefficient (Wildman–Crippen LogP) is 0.170. The van der Waals surface area contributed by atoms with Gasteiger partial charge in [-0.25, -0.2) is 9.78 Å². The molecule has 6 nitrogen and oxygen atoms in total. The second-order valence-electron chi connectivity index (χ2n) is 4.43. The molecule has 0 bridgehead atoms. The average molecular weight is 293 g/mol. The van der Waals surface area contributed by atoms with E-state index in [0.717, 1.165) is 0 Å². The maximum atomic E-state index is 11.0. The molecule has 5 N–H and O–H groups in total. The van der Waals surface area contributed by atoms with Gasteiger partial charge in [0.15, 0.2) is 5.72 Å². The second-order valence-corrected chi connectivity index (χ2v) is 4.43. The number of ether oxygens (including phenoxy) is 1. The van der Waals surface area contributed by atoms with E-state index < -0.39 is 11.7 Å². The van der Waals surface area contributed by atoms with E-state index in [2.05, 4.69) is 4.98 Å². The Morgan fingerprint density at radius 2 is 2.26 bits per heavy atom. The van der Waals surface area contributed by atoms with Crippen LogP contribution in [0.2, 0.25) is 0 Å². The zero-order valence-corrected chi connectivity index (χ0v) is 10.6. The number of aromatic nitrogens is 1. The minimum atomic E-state index is -1.10. The number of hydrogen-bond acceptors (Lipinski definition) is 5. The Hall–Kier alpha value is -0.0236. The fourth-order valence-electron chi connectivity index (χ4n) is 1.48. The topological polar surface area (TPSA) is 111 Å². The van der Waals surface area contributed by atoms with Crippen LogP contribution in [0.15, 0.2) is 18.3 Å². The molecule has 0 saturated heterocycles. The molecule has 7 heteroatoms. The molecule has 0 fully saturated rings. The van der Waals surface area contributed by atoms with Crippen molar-refractivity contribution in [3.05, 3.63) is 23.9 Å². The molecular formula is C12H20KN3O3. The zero-order valence-electron chi connectivity index (χ0n) is 10.6. The number of rotatable bonds is 6. The van der Waals surface area contributed by atoms with Gasteiger partial charge in [-0.3, -0.25) is 5.73 Å². The van der Waals surface area contributed by atoms with Crippen molar-refractivity contribution >= 4 is 57.4 Å². The summed E-state index contributed by atoms with van der Waals surface area (Å²) in [5.41, 5.74) is 10.5. The van der Waals surface area contributed by atoms with E-state index >= 15 is 0 Å². The zero-order chi connectivity index (χ0) is 13.8. The van der Waals surface area contributed by atoms with Crippen molar-refractivity contribution in [2.24, 2.45) is 17.4 Å². The minimum absolute atomic E-state index is 0. The van der Waals surface area contributed by atoms with Gasteiger partial charge in [0.1, 0.15) is 5.56 Å². The summed E-state index contributed by atoms with van der Waals surface area (Å²) in [7, 11) is 0. The van der Waals surface area contributed by atoms with Gasteiger partial charge in [0.25, 0.3) is 0 Å². The van der Waals surface area contributed by atoms with Crippen LogP contribution in [0.25, 0.3) is 0 Å². The van der Waals surface area contributed by atoms with E-state index in [-0.39, 0.29) is 68.7 Å². The van der Waals surface area contributed by atoms with Crippen molar-refractivity contribution in [3.63, 3.8) is 0 Å². The summed E-state index contributed by atoms with van der Waals surface area (Å²) in [4.78, 5) is 14.9. The van der Waals surface area contributed by atoms with Gasteiger partial charge >= 0.3 is 57.4 Å². The summed E-state index contributed by atoms with van der Waals surface area (Å²) < 4.78 is 5.54. The van der Waals surface area contributed by atoms with Gasteiger partial charge in [0.2, 0.25) is 5.88 Å². The summed E-state index contributed by atoms with van der Waals surface area (Å²) in [6.07, 6.45) is 2.15. The average Bonchev–Trinajstić information content (AvgIpc) is 2.29. The Labute approximate surface area is 155 Å². The number of carbonyl (C=O) groups is 1. The molecule has 2 unspecified atom stereocenters. The van der Waals surface area contributed by atoms with Crippen molar-refractivity contribution in [1.29, 1.82) is 0 Å². The Morgan fingerprint density at radius 3 is 2.79 bits per heavy atom. The van der Waals surface area contributed by atoms with Crippen LogP contribution < -0.4 is 16.2 Å². The Morgan fingerprint density at radius 1 is 1.63 bits per heavy atom. The molecule has 2 atom stereocenters. The van der Waals surface area contributed by atoms with Crippen molar-refractivity contribution < 1.29 is 14.6 Å². The Kier molecular flexibility index (Phi) is 8.29. The first-order chi connectivity index (χ1) is 8.38. The van der Waals surface area contributed by atoms with Crippen LogP contribution in [0.5, 0.6) is 5.88 Å². The first-order valence-corrected chi connectivity index (χ1v) is 5.74. The SMILES string of the molecule is CC(CCN)C(C)(N)Oc1ncccc1C(=O)O.[KH]. The number of nitrogens with two attached hydrogens (primary N) is 2. The molecule has 0 aliphatic heterocycles. The summed E-state index contributed by atoms with van der Waals surface area (Å²) in [5.74, 6) is -1.09. The summed E-state index contributed by atoms with van der Waals surface area (Å²) in [6.45, 7) is 4.08. The third kappa shape index (κ3) is 5.46. The van der Waals surface area contributed by atoms with Crippen molar-refractivity contribution in [2.45, 2.75) is 26.0 Å². The Balaban J connectivity index is 0.00000324. The number of carboxylic acid groups (broad SMARTS) is 1. The van der Waals surface area contributed by atoms with E-state index in [4.69, 9.17) is 21.3 Å². The van der Waals surface area contributed by atoms with Gasteiger partial charge in [-0.05, 0) is 32.0 Å². The molecule has 0 aliphatic carbocycles. The fraction of sp³-hybridized carbons (Fsp3) is 0.500. The molecule has 0 aromatic carbocycles. The molecule has 0 saturated carbocycles. The molecule has 1 heterocycles. The molecule has 102 valence electrons. The van der Waals surface area contributed by atoms with Crippen LogP contribution in [-0.2, 0) is 0 Å². The molecule has 0 amide bonds. The molecule has 1 rings (SSSR count). The molecule has 1 aromatic rings. The van der Waals surface area contributed by atoms with E-state index in [1.165, 1.54) is 18.3 Å². The molecule has 19 heavy (non-hydrogen) atoms. The molecule has 0 aliphatic rings. The van der Waals surface area contributed by atoms with Gasteiger partial charge in [-0.2, -0.15) is 0 Å². The van der Waals surface area contributed by atoms with E-state index in [1.54, 1.807) is 6.92 Å². The number of hydrogen-bond donors (Lipinski definition) is 3. The van der Waals surface area contributed by atoms with Gasteiger partial charge in [0, 0.05) is 12.1 Å². The van der Waals surface area contributed by atoms with Crippen molar-refractivity contribution in [1.82, 2.24) is 4.98 Å². The predicted molar refractivity (Wildman–Crippen MR) is 74.4 cm³/mol.